The highest BCUT2D eigenvalue weighted by Gasteiger charge is 2.22. The Morgan fingerprint density at radius 1 is 1.15 bits per heavy atom. The van der Waals surface area contributed by atoms with Gasteiger partial charge in [0, 0.05) is 25.7 Å². The van der Waals surface area contributed by atoms with Gasteiger partial charge < -0.3 is 14.6 Å². The van der Waals surface area contributed by atoms with E-state index < -0.39 is 5.97 Å². The van der Waals surface area contributed by atoms with Gasteiger partial charge in [0.2, 0.25) is 0 Å². The summed E-state index contributed by atoms with van der Waals surface area (Å²) < 4.78 is 11.6. The molecule has 146 valence electrons. The van der Waals surface area contributed by atoms with Gasteiger partial charge >= 0.3 is 5.97 Å². The highest BCUT2D eigenvalue weighted by Crippen LogP contribution is 2.30. The summed E-state index contributed by atoms with van der Waals surface area (Å²) in [6.07, 6.45) is 0.0694. The minimum absolute atomic E-state index is 0. The fourth-order valence-corrected chi connectivity index (χ4v) is 3.08. The summed E-state index contributed by atoms with van der Waals surface area (Å²) in [5.74, 6) is 0.517. The molecule has 1 N–H and O–H groups in total. The van der Waals surface area contributed by atoms with E-state index in [1.165, 1.54) is 0 Å². The zero-order valence-electron chi connectivity index (χ0n) is 14.4. The van der Waals surface area contributed by atoms with E-state index in [0.717, 1.165) is 12.1 Å². The largest absolute Gasteiger partial charge is 0.481 e. The Hall–Kier alpha value is -1.50. The van der Waals surface area contributed by atoms with E-state index in [1.54, 1.807) is 18.2 Å². The lowest BCUT2D eigenvalue weighted by molar-refractivity contribution is -0.137. The Morgan fingerprint density at radius 2 is 1.85 bits per heavy atom. The van der Waals surface area contributed by atoms with Gasteiger partial charge in [-0.25, -0.2) is 0 Å². The molecule has 5 nitrogen and oxygen atoms in total. The van der Waals surface area contributed by atoms with Crippen LogP contribution in [0.3, 0.4) is 0 Å². The number of rotatable bonds is 6. The maximum absolute atomic E-state index is 10.7. The van der Waals surface area contributed by atoms with Crippen LogP contribution in [-0.2, 0) is 9.53 Å². The van der Waals surface area contributed by atoms with Crippen LogP contribution in [0.4, 0.5) is 0 Å². The summed E-state index contributed by atoms with van der Waals surface area (Å²) in [7, 11) is 0. The fourth-order valence-electron chi connectivity index (χ4n) is 2.79. The molecule has 1 aliphatic heterocycles. The number of aliphatic carboxylic acids is 1. The summed E-state index contributed by atoms with van der Waals surface area (Å²) in [5, 5.41) is 9.75. The second-order valence-electron chi connectivity index (χ2n) is 6.05. The zero-order valence-corrected chi connectivity index (χ0v) is 16.8. The van der Waals surface area contributed by atoms with E-state index in [1.807, 2.05) is 24.3 Å². The van der Waals surface area contributed by atoms with E-state index in [9.17, 15) is 4.79 Å². The number of benzene rings is 2. The summed E-state index contributed by atoms with van der Waals surface area (Å²) in [6, 6.07) is 12.8. The smallest absolute Gasteiger partial charge is 0.304 e. The SMILES string of the molecule is Cl.O=C(O)CCN1CCOC(c2ccc(Oc3ccc(Cl)c(Cl)c3)cc2)C1. The first kappa shape index (κ1) is 21.8. The van der Waals surface area contributed by atoms with Gasteiger partial charge in [-0.05, 0) is 29.8 Å². The van der Waals surface area contributed by atoms with Crippen LogP contribution in [0.5, 0.6) is 11.5 Å². The molecule has 1 aliphatic rings. The number of ether oxygens (including phenoxy) is 2. The molecule has 1 atom stereocenters. The lowest BCUT2D eigenvalue weighted by Crippen LogP contribution is -2.39. The number of carbonyl (C=O) groups is 1. The number of hydrogen-bond acceptors (Lipinski definition) is 4. The molecule has 0 spiro atoms. The van der Waals surface area contributed by atoms with Crippen molar-refractivity contribution in [3.8, 4) is 11.5 Å². The normalized spacial score (nSPS) is 17.2. The van der Waals surface area contributed by atoms with Gasteiger partial charge in [0.05, 0.1) is 29.2 Å². The number of carboxylic acid groups (broad SMARTS) is 1. The van der Waals surface area contributed by atoms with Gasteiger partial charge in [0.1, 0.15) is 11.5 Å². The summed E-state index contributed by atoms with van der Waals surface area (Å²) >= 11 is 11.9. The lowest BCUT2D eigenvalue weighted by Gasteiger charge is -2.32. The molecule has 3 rings (SSSR count). The monoisotopic (exact) mass is 431 g/mol. The van der Waals surface area contributed by atoms with E-state index in [2.05, 4.69) is 4.90 Å². The van der Waals surface area contributed by atoms with Crippen molar-refractivity contribution >= 4 is 41.6 Å². The quantitative estimate of drug-likeness (QED) is 0.692. The van der Waals surface area contributed by atoms with Crippen molar-refractivity contribution in [2.75, 3.05) is 26.2 Å². The second kappa shape index (κ2) is 10.2. The zero-order chi connectivity index (χ0) is 18.5. The lowest BCUT2D eigenvalue weighted by atomic mass is 10.1. The molecule has 27 heavy (non-hydrogen) atoms. The topological polar surface area (TPSA) is 59.0 Å². The van der Waals surface area contributed by atoms with Crippen LogP contribution in [0.25, 0.3) is 0 Å². The molecule has 1 fully saturated rings. The number of hydrogen-bond donors (Lipinski definition) is 1. The van der Waals surface area contributed by atoms with Gasteiger partial charge in [0.15, 0.2) is 0 Å². The van der Waals surface area contributed by atoms with Crippen LogP contribution in [0, 0.1) is 0 Å². The predicted molar refractivity (Wildman–Crippen MR) is 108 cm³/mol. The molecule has 0 aromatic heterocycles. The van der Waals surface area contributed by atoms with Gasteiger partial charge in [-0.15, -0.1) is 12.4 Å². The van der Waals surface area contributed by atoms with Crippen molar-refractivity contribution in [2.24, 2.45) is 0 Å². The molecular formula is C19H20Cl3NO4. The molecule has 0 saturated carbocycles. The van der Waals surface area contributed by atoms with E-state index in [-0.39, 0.29) is 24.9 Å². The molecule has 1 unspecified atom stereocenters. The van der Waals surface area contributed by atoms with Gasteiger partial charge in [-0.2, -0.15) is 0 Å². The molecule has 2 aromatic carbocycles. The standard InChI is InChI=1S/C19H19Cl2NO4.ClH/c20-16-6-5-15(11-17(16)21)26-14-3-1-13(2-4-14)18-12-22(9-10-25-18)8-7-19(23)24;/h1-6,11,18H,7-10,12H2,(H,23,24);1H. The number of halogens is 3. The summed E-state index contributed by atoms with van der Waals surface area (Å²) in [6.45, 7) is 2.56. The first-order valence-corrected chi connectivity index (χ1v) is 9.05. The first-order valence-electron chi connectivity index (χ1n) is 8.30. The van der Waals surface area contributed by atoms with Crippen LogP contribution < -0.4 is 4.74 Å². The Bertz CT molecular complexity index is 770. The van der Waals surface area contributed by atoms with Crippen LogP contribution in [0.2, 0.25) is 10.0 Å². The number of morpholine rings is 1. The molecule has 1 heterocycles. The van der Waals surface area contributed by atoms with Crippen molar-refractivity contribution in [3.63, 3.8) is 0 Å². The maximum Gasteiger partial charge on any atom is 0.304 e. The molecule has 0 amide bonds. The third kappa shape index (κ3) is 6.26. The molecule has 0 radical (unpaired) electrons. The minimum atomic E-state index is -0.781. The van der Waals surface area contributed by atoms with Crippen molar-refractivity contribution < 1.29 is 19.4 Å². The van der Waals surface area contributed by atoms with Gasteiger partial charge in [-0.1, -0.05) is 35.3 Å². The van der Waals surface area contributed by atoms with Crippen LogP contribution in [-0.4, -0.2) is 42.2 Å². The highest BCUT2D eigenvalue weighted by molar-refractivity contribution is 6.42. The van der Waals surface area contributed by atoms with Crippen molar-refractivity contribution in [3.05, 3.63) is 58.1 Å². The Kier molecular flexibility index (Phi) is 8.20. The Labute approximate surface area is 174 Å². The van der Waals surface area contributed by atoms with E-state index in [0.29, 0.717) is 41.2 Å². The van der Waals surface area contributed by atoms with Crippen LogP contribution in [0.15, 0.2) is 42.5 Å². The van der Waals surface area contributed by atoms with Crippen molar-refractivity contribution in [2.45, 2.75) is 12.5 Å². The van der Waals surface area contributed by atoms with Crippen molar-refractivity contribution in [1.82, 2.24) is 4.90 Å². The van der Waals surface area contributed by atoms with Gasteiger partial charge in [-0.3, -0.25) is 9.69 Å². The Morgan fingerprint density at radius 3 is 2.52 bits per heavy atom. The number of carboxylic acids is 1. The molecule has 1 saturated heterocycles. The molecule has 0 bridgehead atoms. The second-order valence-corrected chi connectivity index (χ2v) is 6.87. The predicted octanol–water partition coefficient (Wildman–Crippen LogP) is 5.06. The van der Waals surface area contributed by atoms with E-state index in [4.69, 9.17) is 37.8 Å². The third-order valence-electron chi connectivity index (χ3n) is 4.17. The summed E-state index contributed by atoms with van der Waals surface area (Å²) in [5.41, 5.74) is 1.03. The minimum Gasteiger partial charge on any atom is -0.481 e. The highest BCUT2D eigenvalue weighted by atomic mass is 35.5. The Balaban J connectivity index is 0.00000261. The first-order chi connectivity index (χ1) is 12.5. The van der Waals surface area contributed by atoms with Crippen LogP contribution >= 0.6 is 35.6 Å². The van der Waals surface area contributed by atoms with Crippen molar-refractivity contribution in [1.29, 1.82) is 0 Å². The average Bonchev–Trinajstić information content (AvgIpc) is 2.64. The average molecular weight is 433 g/mol. The van der Waals surface area contributed by atoms with E-state index >= 15 is 0 Å². The molecular weight excluding hydrogens is 413 g/mol. The molecule has 0 aliphatic carbocycles. The third-order valence-corrected chi connectivity index (χ3v) is 4.91. The maximum atomic E-state index is 10.7. The fraction of sp³-hybridized carbons (Fsp3) is 0.316. The van der Waals surface area contributed by atoms with Crippen LogP contribution in [0.1, 0.15) is 18.1 Å². The number of nitrogens with zero attached hydrogens (tertiary/aromatic N) is 1. The molecule has 2 aromatic rings. The molecule has 8 heteroatoms. The summed E-state index contributed by atoms with van der Waals surface area (Å²) in [4.78, 5) is 12.8. The van der Waals surface area contributed by atoms with Gasteiger partial charge in [0.25, 0.3) is 0 Å².